The van der Waals surface area contributed by atoms with Crippen LogP contribution in [0.5, 0.6) is 0 Å². The molecule has 0 aliphatic carbocycles. The Morgan fingerprint density at radius 3 is 2.44 bits per heavy atom. The summed E-state index contributed by atoms with van der Waals surface area (Å²) < 4.78 is 4.30. The third-order valence-electron chi connectivity index (χ3n) is 4.26. The lowest BCUT2D eigenvalue weighted by Crippen LogP contribution is -2.28. The molecule has 0 N–H and O–H groups in total. The number of anilines is 1. The van der Waals surface area contributed by atoms with Crippen molar-refractivity contribution in [1.29, 1.82) is 0 Å². The van der Waals surface area contributed by atoms with Crippen molar-refractivity contribution in [3.63, 3.8) is 0 Å². The minimum atomic E-state index is 0.185. The van der Waals surface area contributed by atoms with Crippen LogP contribution in [0.4, 0.5) is 5.95 Å². The van der Waals surface area contributed by atoms with Crippen molar-refractivity contribution >= 4 is 5.95 Å². The van der Waals surface area contributed by atoms with Crippen LogP contribution in [0.1, 0.15) is 58.8 Å². The smallest absolute Gasteiger partial charge is 0.227 e. The Morgan fingerprint density at radius 2 is 1.88 bits per heavy atom. The van der Waals surface area contributed by atoms with Crippen molar-refractivity contribution < 1.29 is 0 Å². The highest BCUT2D eigenvalue weighted by molar-refractivity contribution is 5.31. The molecule has 0 unspecified atom stereocenters. The average Bonchev–Trinajstić information content (AvgIpc) is 3.11. The normalized spacial score (nSPS) is 11.9. The molecular weight excluding hydrogens is 312 g/mol. The van der Waals surface area contributed by atoms with Gasteiger partial charge in [0.05, 0.1) is 12.7 Å². The summed E-state index contributed by atoms with van der Waals surface area (Å²) in [5, 5.41) is 13.5. The Hall–Kier alpha value is -1.85. The van der Waals surface area contributed by atoms with Crippen LogP contribution in [-0.4, -0.2) is 37.6 Å². The van der Waals surface area contributed by atoms with E-state index in [0.29, 0.717) is 0 Å². The van der Waals surface area contributed by atoms with Crippen LogP contribution < -0.4 is 4.90 Å². The summed E-state index contributed by atoms with van der Waals surface area (Å²) in [5.41, 5.74) is 1.38. The van der Waals surface area contributed by atoms with Gasteiger partial charge < -0.3 is 4.90 Å². The van der Waals surface area contributed by atoms with E-state index in [4.69, 9.17) is 0 Å². The summed E-state index contributed by atoms with van der Waals surface area (Å²) in [6.45, 7) is 16.9. The quantitative estimate of drug-likeness (QED) is 0.695. The molecule has 0 fully saturated rings. The van der Waals surface area contributed by atoms with Crippen LogP contribution in [0.15, 0.2) is 12.4 Å². The lowest BCUT2D eigenvalue weighted by molar-refractivity contribution is 0.387. The second-order valence-corrected chi connectivity index (χ2v) is 8.02. The van der Waals surface area contributed by atoms with Crippen LogP contribution in [0, 0.1) is 12.3 Å². The first-order valence-corrected chi connectivity index (χ1v) is 9.50. The lowest BCUT2D eigenvalue weighted by atomic mass is 9.92. The summed E-state index contributed by atoms with van der Waals surface area (Å²) in [6.07, 6.45) is 7.27. The molecule has 0 aliphatic rings. The predicted octanol–water partition coefficient (Wildman–Crippen LogP) is 3.70. The van der Waals surface area contributed by atoms with Crippen molar-refractivity contribution in [2.75, 3.05) is 18.0 Å². The van der Waals surface area contributed by atoms with Crippen LogP contribution in [0.25, 0.3) is 0 Å². The van der Waals surface area contributed by atoms with E-state index in [2.05, 4.69) is 72.5 Å². The van der Waals surface area contributed by atoms with Gasteiger partial charge >= 0.3 is 0 Å². The highest BCUT2D eigenvalue weighted by Gasteiger charge is 2.21. The van der Waals surface area contributed by atoms with Gasteiger partial charge in [-0.2, -0.15) is 5.10 Å². The Kier molecular flexibility index (Phi) is 6.62. The summed E-state index contributed by atoms with van der Waals surface area (Å²) in [4.78, 5) is 2.34. The fourth-order valence-electron chi connectivity index (χ4n) is 2.93. The number of unbranched alkanes of at least 4 members (excludes halogenated alkanes) is 1. The summed E-state index contributed by atoms with van der Waals surface area (Å²) in [7, 11) is 0. The first kappa shape index (κ1) is 19.5. The molecular formula is C19H34N6. The van der Waals surface area contributed by atoms with E-state index in [1.165, 1.54) is 18.4 Å². The van der Waals surface area contributed by atoms with Gasteiger partial charge in [-0.15, -0.1) is 10.2 Å². The van der Waals surface area contributed by atoms with Crippen LogP contribution >= 0.6 is 0 Å². The highest BCUT2D eigenvalue weighted by atomic mass is 15.4. The molecule has 25 heavy (non-hydrogen) atoms. The van der Waals surface area contributed by atoms with E-state index < -0.39 is 0 Å². The fourth-order valence-corrected chi connectivity index (χ4v) is 2.93. The maximum atomic E-state index is 4.55. The van der Waals surface area contributed by atoms with E-state index in [1.54, 1.807) is 0 Å². The second-order valence-electron chi connectivity index (χ2n) is 8.02. The molecule has 0 bridgehead atoms. The molecule has 2 aromatic rings. The second kappa shape index (κ2) is 8.50. The van der Waals surface area contributed by atoms with Gasteiger partial charge in [-0.3, -0.25) is 9.25 Å². The molecule has 6 heteroatoms. The van der Waals surface area contributed by atoms with Gasteiger partial charge in [-0.1, -0.05) is 34.1 Å². The van der Waals surface area contributed by atoms with Gasteiger partial charge in [0, 0.05) is 32.3 Å². The molecule has 6 nitrogen and oxygen atoms in total. The average molecular weight is 347 g/mol. The Morgan fingerprint density at radius 1 is 1.12 bits per heavy atom. The van der Waals surface area contributed by atoms with E-state index >= 15 is 0 Å². The Balaban J connectivity index is 2.24. The molecule has 0 saturated carbocycles. The highest BCUT2D eigenvalue weighted by Crippen LogP contribution is 2.23. The third kappa shape index (κ3) is 5.58. The van der Waals surface area contributed by atoms with E-state index in [0.717, 1.165) is 44.4 Å². The molecule has 0 aliphatic heterocycles. The monoisotopic (exact) mass is 346 g/mol. The van der Waals surface area contributed by atoms with Gasteiger partial charge in [-0.05, 0) is 31.2 Å². The number of aromatic nitrogens is 5. The van der Waals surface area contributed by atoms with Crippen molar-refractivity contribution in [1.82, 2.24) is 24.5 Å². The number of rotatable bonds is 9. The number of aryl methyl sites for hydroxylation is 2. The van der Waals surface area contributed by atoms with Gasteiger partial charge in [0.15, 0.2) is 0 Å². The largest absolute Gasteiger partial charge is 0.341 e. The maximum absolute atomic E-state index is 4.55. The topological polar surface area (TPSA) is 51.8 Å². The first-order chi connectivity index (χ1) is 11.8. The van der Waals surface area contributed by atoms with E-state index in [-0.39, 0.29) is 5.41 Å². The predicted molar refractivity (Wildman–Crippen MR) is 103 cm³/mol. The van der Waals surface area contributed by atoms with Crippen LogP contribution in [-0.2, 0) is 19.5 Å². The van der Waals surface area contributed by atoms with Crippen molar-refractivity contribution in [2.24, 2.45) is 5.41 Å². The zero-order valence-electron chi connectivity index (χ0n) is 16.8. The fraction of sp³-hybridized carbons (Fsp3) is 0.737. The molecule has 2 rings (SSSR count). The number of hydrogen-bond acceptors (Lipinski definition) is 4. The molecule has 0 atom stereocenters. The van der Waals surface area contributed by atoms with Gasteiger partial charge in [0.2, 0.25) is 5.95 Å². The minimum absolute atomic E-state index is 0.185. The third-order valence-corrected chi connectivity index (χ3v) is 4.26. The summed E-state index contributed by atoms with van der Waals surface area (Å²) in [5.74, 6) is 2.07. The summed E-state index contributed by atoms with van der Waals surface area (Å²) in [6, 6.07) is 0. The molecule has 0 saturated heterocycles. The first-order valence-electron chi connectivity index (χ1n) is 9.50. The minimum Gasteiger partial charge on any atom is -0.341 e. The molecule has 0 radical (unpaired) electrons. The lowest BCUT2D eigenvalue weighted by Gasteiger charge is -2.24. The van der Waals surface area contributed by atoms with E-state index in [1.807, 2.05) is 10.9 Å². The van der Waals surface area contributed by atoms with Crippen LogP contribution in [0.3, 0.4) is 0 Å². The van der Waals surface area contributed by atoms with Crippen molar-refractivity contribution in [3.05, 3.63) is 23.8 Å². The number of hydrogen-bond donors (Lipinski definition) is 0. The van der Waals surface area contributed by atoms with E-state index in [9.17, 15) is 0 Å². The zero-order chi connectivity index (χ0) is 18.4. The molecule has 140 valence electrons. The van der Waals surface area contributed by atoms with Crippen molar-refractivity contribution in [3.8, 4) is 0 Å². The molecule has 2 heterocycles. The number of nitrogens with zero attached hydrogens (tertiary/aromatic N) is 6. The summed E-state index contributed by atoms with van der Waals surface area (Å²) >= 11 is 0. The SMILES string of the molecule is CCCCN(CC)c1nnc(CC(C)(C)C)n1CCn1cc(C)cn1. The van der Waals surface area contributed by atoms with Crippen LogP contribution in [0.2, 0.25) is 0 Å². The molecule has 0 spiro atoms. The van der Waals surface area contributed by atoms with Crippen molar-refractivity contribution in [2.45, 2.75) is 73.9 Å². The molecule has 0 aromatic carbocycles. The molecule has 2 aromatic heterocycles. The van der Waals surface area contributed by atoms with Gasteiger partial charge in [0.1, 0.15) is 5.82 Å². The maximum Gasteiger partial charge on any atom is 0.227 e. The van der Waals surface area contributed by atoms with Gasteiger partial charge in [0.25, 0.3) is 0 Å². The zero-order valence-corrected chi connectivity index (χ0v) is 16.8. The molecule has 0 amide bonds. The standard InChI is InChI=1S/C19H34N6/c1-7-9-10-23(8-2)18-22-21-17(13-19(4,5)6)25(18)12-11-24-15-16(3)14-20-24/h14-15H,7-13H2,1-6H3. The van der Waals surface area contributed by atoms with Gasteiger partial charge in [-0.25, -0.2) is 0 Å². The Labute approximate surface area is 152 Å². The Bertz CT molecular complexity index is 649.